The van der Waals surface area contributed by atoms with Crippen LogP contribution in [0, 0.1) is 0 Å². The number of benzene rings is 1. The normalized spacial score (nSPS) is 17.7. The Balaban J connectivity index is 2.39. The largest absolute Gasteiger partial charge is 0.478 e. The zero-order chi connectivity index (χ0) is 16.4. The summed E-state index contributed by atoms with van der Waals surface area (Å²) in [5.74, 6) is -2.49. The first-order chi connectivity index (χ1) is 10.3. The Bertz CT molecular complexity index is 699. The Hall–Kier alpha value is -3.14. The highest BCUT2D eigenvalue weighted by atomic mass is 16.4. The van der Waals surface area contributed by atoms with Gasteiger partial charge >= 0.3 is 11.9 Å². The number of aliphatic imine (C=N–C) groups is 2. The van der Waals surface area contributed by atoms with Crippen LogP contribution < -0.4 is 17.2 Å². The molecule has 0 spiro atoms. The molecule has 1 aromatic rings. The number of nitrogens with zero attached hydrogens (tertiary/aromatic N) is 3. The van der Waals surface area contributed by atoms with Crippen LogP contribution >= 0.6 is 0 Å². The molecule has 1 aliphatic rings. The molecule has 1 aliphatic heterocycles. The minimum absolute atomic E-state index is 0.0305. The lowest BCUT2D eigenvalue weighted by Crippen LogP contribution is -2.51. The van der Waals surface area contributed by atoms with Crippen molar-refractivity contribution in [3.05, 3.63) is 34.9 Å². The van der Waals surface area contributed by atoms with Crippen molar-refractivity contribution in [3.8, 4) is 0 Å². The lowest BCUT2D eigenvalue weighted by molar-refractivity contribution is 0.0679. The number of carboxylic acid groups (broad SMARTS) is 2. The summed E-state index contributed by atoms with van der Waals surface area (Å²) < 4.78 is 0. The molecule has 10 heteroatoms. The summed E-state index contributed by atoms with van der Waals surface area (Å²) in [5.41, 5.74) is 17.0. The van der Waals surface area contributed by atoms with Gasteiger partial charge in [-0.05, 0) is 23.8 Å². The molecule has 1 aromatic carbocycles. The standard InChI is InChI=1S/C12H14N6O4/c13-10-16-11(14)18(12(15)17-10)4-6-3-5(8(19)20)1-2-7(6)9(21)22/h1-3,11H,4,14H2,(H,19,20)(H,21,22)(H4,13,15,16,17). The van der Waals surface area contributed by atoms with E-state index in [0.717, 1.165) is 0 Å². The molecule has 2 rings (SSSR count). The van der Waals surface area contributed by atoms with E-state index in [1.165, 1.54) is 23.1 Å². The summed E-state index contributed by atoms with van der Waals surface area (Å²) >= 11 is 0. The van der Waals surface area contributed by atoms with Gasteiger partial charge in [-0.25, -0.2) is 14.6 Å². The SMILES string of the molecule is NC1=NC(N)N(Cc2cc(C(=O)O)ccc2C(=O)O)C(N)=N1. The van der Waals surface area contributed by atoms with Gasteiger partial charge in [0.15, 0.2) is 6.29 Å². The van der Waals surface area contributed by atoms with E-state index in [2.05, 4.69) is 9.98 Å². The molecule has 0 radical (unpaired) electrons. The minimum Gasteiger partial charge on any atom is -0.478 e. The molecule has 0 aliphatic carbocycles. The lowest BCUT2D eigenvalue weighted by Gasteiger charge is -2.30. The van der Waals surface area contributed by atoms with Crippen molar-refractivity contribution in [1.82, 2.24) is 4.90 Å². The first kappa shape index (κ1) is 15.3. The molecule has 0 saturated carbocycles. The van der Waals surface area contributed by atoms with Gasteiger partial charge in [-0.2, -0.15) is 4.99 Å². The molecule has 0 aromatic heterocycles. The fourth-order valence-corrected chi connectivity index (χ4v) is 1.98. The van der Waals surface area contributed by atoms with Crippen LogP contribution in [0.25, 0.3) is 0 Å². The van der Waals surface area contributed by atoms with Gasteiger partial charge in [0, 0.05) is 0 Å². The van der Waals surface area contributed by atoms with E-state index >= 15 is 0 Å². The molecule has 22 heavy (non-hydrogen) atoms. The Morgan fingerprint density at radius 3 is 2.45 bits per heavy atom. The second-order valence-corrected chi connectivity index (χ2v) is 4.48. The Kier molecular flexibility index (Phi) is 3.95. The Morgan fingerprint density at radius 2 is 1.91 bits per heavy atom. The second kappa shape index (κ2) is 5.69. The quantitative estimate of drug-likeness (QED) is 0.458. The third-order valence-corrected chi connectivity index (χ3v) is 3.03. The van der Waals surface area contributed by atoms with E-state index in [1.54, 1.807) is 0 Å². The molecule has 8 N–H and O–H groups in total. The number of carboxylic acids is 2. The number of nitrogens with two attached hydrogens (primary N) is 3. The molecular weight excluding hydrogens is 292 g/mol. The van der Waals surface area contributed by atoms with E-state index in [0.29, 0.717) is 0 Å². The van der Waals surface area contributed by atoms with Crippen LogP contribution in [0.4, 0.5) is 0 Å². The van der Waals surface area contributed by atoms with Gasteiger partial charge in [0.1, 0.15) is 0 Å². The van der Waals surface area contributed by atoms with Crippen LogP contribution in [-0.2, 0) is 6.54 Å². The third kappa shape index (κ3) is 2.96. The van der Waals surface area contributed by atoms with Crippen molar-refractivity contribution in [3.63, 3.8) is 0 Å². The molecular formula is C12H14N6O4. The lowest BCUT2D eigenvalue weighted by atomic mass is 10.0. The summed E-state index contributed by atoms with van der Waals surface area (Å²) in [5, 5.41) is 18.2. The van der Waals surface area contributed by atoms with Crippen LogP contribution in [0.15, 0.2) is 28.2 Å². The maximum absolute atomic E-state index is 11.3. The average Bonchev–Trinajstić information content (AvgIpc) is 2.42. The van der Waals surface area contributed by atoms with Crippen LogP contribution in [0.3, 0.4) is 0 Å². The first-order valence-corrected chi connectivity index (χ1v) is 6.08. The summed E-state index contributed by atoms with van der Waals surface area (Å²) in [6, 6.07) is 3.66. The van der Waals surface area contributed by atoms with Gasteiger partial charge < -0.3 is 26.6 Å². The molecule has 10 nitrogen and oxygen atoms in total. The second-order valence-electron chi connectivity index (χ2n) is 4.48. The highest BCUT2D eigenvalue weighted by molar-refractivity contribution is 5.96. The number of hydrogen-bond acceptors (Lipinski definition) is 8. The van der Waals surface area contributed by atoms with Crippen LogP contribution in [-0.4, -0.2) is 45.3 Å². The zero-order valence-corrected chi connectivity index (χ0v) is 11.3. The van der Waals surface area contributed by atoms with Crippen molar-refractivity contribution in [2.75, 3.05) is 0 Å². The smallest absolute Gasteiger partial charge is 0.336 e. The van der Waals surface area contributed by atoms with Crippen molar-refractivity contribution < 1.29 is 19.8 Å². The summed E-state index contributed by atoms with van der Waals surface area (Å²) in [6.45, 7) is -0.0734. The highest BCUT2D eigenvalue weighted by Gasteiger charge is 2.23. The number of aromatic carboxylic acids is 2. The van der Waals surface area contributed by atoms with E-state index in [4.69, 9.17) is 22.3 Å². The van der Waals surface area contributed by atoms with Crippen molar-refractivity contribution in [1.29, 1.82) is 0 Å². The number of carbonyl (C=O) groups is 2. The fraction of sp³-hybridized carbons (Fsp3) is 0.167. The monoisotopic (exact) mass is 306 g/mol. The van der Waals surface area contributed by atoms with E-state index < -0.39 is 18.2 Å². The molecule has 0 bridgehead atoms. The average molecular weight is 306 g/mol. The van der Waals surface area contributed by atoms with Crippen LogP contribution in [0.5, 0.6) is 0 Å². The minimum atomic E-state index is -1.20. The van der Waals surface area contributed by atoms with Crippen LogP contribution in [0.1, 0.15) is 26.3 Å². The summed E-state index contributed by atoms with van der Waals surface area (Å²) in [6.07, 6.45) is -0.937. The maximum Gasteiger partial charge on any atom is 0.336 e. The number of rotatable bonds is 4. The van der Waals surface area contributed by atoms with Crippen molar-refractivity contribution >= 4 is 23.9 Å². The predicted molar refractivity (Wildman–Crippen MR) is 77.1 cm³/mol. The third-order valence-electron chi connectivity index (χ3n) is 3.03. The maximum atomic E-state index is 11.3. The van der Waals surface area contributed by atoms with Crippen LogP contribution in [0.2, 0.25) is 0 Å². The molecule has 0 amide bonds. The highest BCUT2D eigenvalue weighted by Crippen LogP contribution is 2.17. The topological polar surface area (TPSA) is 181 Å². The molecule has 1 heterocycles. The first-order valence-electron chi connectivity index (χ1n) is 6.08. The number of hydrogen-bond donors (Lipinski definition) is 5. The van der Waals surface area contributed by atoms with Crippen molar-refractivity contribution in [2.45, 2.75) is 12.8 Å². The van der Waals surface area contributed by atoms with E-state index in [9.17, 15) is 14.7 Å². The molecule has 0 fully saturated rings. The summed E-state index contributed by atoms with van der Waals surface area (Å²) in [7, 11) is 0. The van der Waals surface area contributed by atoms with Gasteiger partial charge in [-0.3, -0.25) is 5.73 Å². The summed E-state index contributed by atoms with van der Waals surface area (Å²) in [4.78, 5) is 31.1. The molecule has 0 saturated heterocycles. The zero-order valence-electron chi connectivity index (χ0n) is 11.3. The predicted octanol–water partition coefficient (Wildman–Crippen LogP) is -1.23. The van der Waals surface area contributed by atoms with E-state index in [-0.39, 0.29) is 35.2 Å². The van der Waals surface area contributed by atoms with Gasteiger partial charge in [0.05, 0.1) is 17.7 Å². The molecule has 1 atom stereocenters. The van der Waals surface area contributed by atoms with Gasteiger partial charge in [0.25, 0.3) is 0 Å². The van der Waals surface area contributed by atoms with Gasteiger partial charge in [0.2, 0.25) is 11.9 Å². The molecule has 116 valence electrons. The van der Waals surface area contributed by atoms with Gasteiger partial charge in [-0.1, -0.05) is 0 Å². The van der Waals surface area contributed by atoms with E-state index in [1.807, 2.05) is 0 Å². The Labute approximate surface area is 124 Å². The molecule has 1 unspecified atom stereocenters. The van der Waals surface area contributed by atoms with Gasteiger partial charge in [-0.15, -0.1) is 0 Å². The van der Waals surface area contributed by atoms with Crippen molar-refractivity contribution in [2.24, 2.45) is 27.2 Å². The fourth-order valence-electron chi connectivity index (χ4n) is 1.98. The Morgan fingerprint density at radius 1 is 1.23 bits per heavy atom. The number of guanidine groups is 2.